The van der Waals surface area contributed by atoms with Crippen LogP contribution < -0.4 is 19.5 Å². The maximum atomic E-state index is 12.2. The smallest absolute Gasteiger partial charge is 0.230 e. The number of fused-ring (bicyclic) bond motifs is 1. The average molecular weight is 388 g/mol. The molecule has 2 aromatic rings. The van der Waals surface area contributed by atoms with Gasteiger partial charge in [0.15, 0.2) is 0 Å². The van der Waals surface area contributed by atoms with Gasteiger partial charge in [0.25, 0.3) is 0 Å². The molecule has 6 heteroatoms. The van der Waals surface area contributed by atoms with Crippen LogP contribution in [0.5, 0.6) is 17.2 Å². The average Bonchev–Trinajstić information content (AvgIpc) is 3.04. The van der Waals surface area contributed by atoms with E-state index in [2.05, 4.69) is 12.2 Å². The summed E-state index contributed by atoms with van der Waals surface area (Å²) >= 11 is 1.49. The van der Waals surface area contributed by atoms with Crippen molar-refractivity contribution in [1.82, 2.24) is 5.32 Å². The molecule has 0 saturated carbocycles. The van der Waals surface area contributed by atoms with Gasteiger partial charge in [0.2, 0.25) is 5.91 Å². The minimum atomic E-state index is -0.0203. The zero-order valence-corrected chi connectivity index (χ0v) is 16.7. The molecule has 1 heterocycles. The number of benzene rings is 2. The van der Waals surface area contributed by atoms with Crippen LogP contribution >= 0.6 is 11.8 Å². The van der Waals surface area contributed by atoms with Gasteiger partial charge in [0, 0.05) is 29.0 Å². The van der Waals surface area contributed by atoms with Crippen molar-refractivity contribution in [2.75, 3.05) is 19.5 Å². The first-order valence-electron chi connectivity index (χ1n) is 9.07. The van der Waals surface area contributed by atoms with E-state index in [4.69, 9.17) is 14.2 Å². The molecule has 0 aliphatic carbocycles. The number of methoxy groups -OCH3 is 1. The molecule has 0 bridgehead atoms. The largest absolute Gasteiger partial charge is 0.497 e. The van der Waals surface area contributed by atoms with Crippen LogP contribution in [-0.2, 0) is 17.8 Å². The summed E-state index contributed by atoms with van der Waals surface area (Å²) in [6, 6.07) is 11.7. The summed E-state index contributed by atoms with van der Waals surface area (Å²) in [6.07, 6.45) is 1.07. The molecule has 0 unspecified atom stereocenters. The van der Waals surface area contributed by atoms with Gasteiger partial charge in [-0.3, -0.25) is 4.79 Å². The van der Waals surface area contributed by atoms with E-state index in [9.17, 15) is 4.79 Å². The highest BCUT2D eigenvalue weighted by Crippen LogP contribution is 2.35. The van der Waals surface area contributed by atoms with Crippen molar-refractivity contribution in [3.8, 4) is 17.2 Å². The van der Waals surface area contributed by atoms with E-state index in [-0.39, 0.29) is 12.0 Å². The summed E-state index contributed by atoms with van der Waals surface area (Å²) < 4.78 is 16.7. The lowest BCUT2D eigenvalue weighted by molar-refractivity contribution is -0.118. The Morgan fingerprint density at radius 2 is 2.07 bits per heavy atom. The topological polar surface area (TPSA) is 56.8 Å². The fourth-order valence-electron chi connectivity index (χ4n) is 2.98. The fourth-order valence-corrected chi connectivity index (χ4v) is 3.70. The van der Waals surface area contributed by atoms with Crippen LogP contribution in [0.2, 0.25) is 0 Å². The number of amides is 1. The molecule has 0 fully saturated rings. The Morgan fingerprint density at radius 3 is 2.78 bits per heavy atom. The molecule has 0 radical (unpaired) electrons. The van der Waals surface area contributed by atoms with E-state index in [1.165, 1.54) is 11.8 Å². The maximum absolute atomic E-state index is 12.2. The summed E-state index contributed by atoms with van der Waals surface area (Å²) in [7, 11) is 1.64. The third kappa shape index (κ3) is 5.10. The summed E-state index contributed by atoms with van der Waals surface area (Å²) in [6.45, 7) is 5.02. The van der Waals surface area contributed by atoms with Gasteiger partial charge in [-0.2, -0.15) is 0 Å². The lowest BCUT2D eigenvalue weighted by Crippen LogP contribution is -2.24. The van der Waals surface area contributed by atoms with Gasteiger partial charge in [-0.05, 0) is 50.2 Å². The molecule has 0 spiro atoms. The number of ether oxygens (including phenoxy) is 3. The molecule has 27 heavy (non-hydrogen) atoms. The molecule has 0 aromatic heterocycles. The van der Waals surface area contributed by atoms with Gasteiger partial charge >= 0.3 is 0 Å². The lowest BCUT2D eigenvalue weighted by Gasteiger charge is -2.13. The zero-order valence-electron chi connectivity index (χ0n) is 15.9. The van der Waals surface area contributed by atoms with Crippen LogP contribution in [-0.4, -0.2) is 31.5 Å². The molecular weight excluding hydrogens is 362 g/mol. The van der Waals surface area contributed by atoms with Crippen LogP contribution in [0.15, 0.2) is 41.3 Å². The highest BCUT2D eigenvalue weighted by Gasteiger charge is 2.22. The number of thioether (sulfide) groups is 1. The van der Waals surface area contributed by atoms with Crippen LogP contribution in [0.25, 0.3) is 0 Å². The first kappa shape index (κ1) is 19.4. The van der Waals surface area contributed by atoms with Crippen molar-refractivity contribution < 1.29 is 19.0 Å². The second kappa shape index (κ2) is 9.04. The summed E-state index contributed by atoms with van der Waals surface area (Å²) in [5.74, 6) is 2.85. The highest BCUT2D eigenvalue weighted by atomic mass is 32.2. The third-order valence-electron chi connectivity index (χ3n) is 4.28. The Labute approximate surface area is 164 Å². The Hall–Kier alpha value is -2.34. The number of carbonyl (C=O) groups excluding carboxylic acids is 1. The standard InChI is InChI=1S/C21H25NO4S/c1-4-25-19-10-15-9-14(2)26-20(15)11-16(19)12-22-21(23)13-27-18-7-5-17(24-3)6-8-18/h5-8,10-11,14H,4,9,12-13H2,1-3H3,(H,22,23)/t14-/m1/s1. The molecule has 1 atom stereocenters. The molecule has 1 N–H and O–H groups in total. The van der Waals surface area contributed by atoms with Crippen LogP contribution in [0.3, 0.4) is 0 Å². The van der Waals surface area contributed by atoms with Gasteiger partial charge < -0.3 is 19.5 Å². The Morgan fingerprint density at radius 1 is 1.30 bits per heavy atom. The number of carbonyl (C=O) groups is 1. The molecule has 5 nitrogen and oxygen atoms in total. The predicted octanol–water partition coefficient (Wildman–Crippen LogP) is 3.83. The van der Waals surface area contributed by atoms with Crippen molar-refractivity contribution in [3.05, 3.63) is 47.5 Å². The first-order chi connectivity index (χ1) is 13.1. The predicted molar refractivity (Wildman–Crippen MR) is 107 cm³/mol. The highest BCUT2D eigenvalue weighted by molar-refractivity contribution is 8.00. The zero-order chi connectivity index (χ0) is 19.2. The Kier molecular flexibility index (Phi) is 6.50. The van der Waals surface area contributed by atoms with Gasteiger partial charge in [0.05, 0.1) is 19.5 Å². The van der Waals surface area contributed by atoms with Gasteiger partial charge in [-0.15, -0.1) is 11.8 Å². The molecule has 1 aliphatic rings. The number of hydrogen-bond acceptors (Lipinski definition) is 5. The lowest BCUT2D eigenvalue weighted by atomic mass is 10.1. The minimum absolute atomic E-state index is 0.0203. The van der Waals surface area contributed by atoms with Crippen LogP contribution in [0, 0.1) is 0 Å². The van der Waals surface area contributed by atoms with Crippen molar-refractivity contribution >= 4 is 17.7 Å². The van der Waals surface area contributed by atoms with Crippen LogP contribution in [0.1, 0.15) is 25.0 Å². The Bertz CT molecular complexity index is 792. The van der Waals surface area contributed by atoms with E-state index < -0.39 is 0 Å². The summed E-state index contributed by atoms with van der Waals surface area (Å²) in [5, 5.41) is 2.97. The van der Waals surface area contributed by atoms with Crippen molar-refractivity contribution in [2.45, 2.75) is 37.8 Å². The monoisotopic (exact) mass is 387 g/mol. The maximum Gasteiger partial charge on any atom is 0.230 e. The van der Waals surface area contributed by atoms with Crippen molar-refractivity contribution in [3.63, 3.8) is 0 Å². The number of hydrogen-bond donors (Lipinski definition) is 1. The molecular formula is C21H25NO4S. The summed E-state index contributed by atoms with van der Waals surface area (Å²) in [4.78, 5) is 13.3. The third-order valence-corrected chi connectivity index (χ3v) is 5.30. The molecule has 1 aliphatic heterocycles. The van der Waals surface area contributed by atoms with E-state index >= 15 is 0 Å². The van der Waals surface area contributed by atoms with E-state index in [1.807, 2.05) is 43.3 Å². The number of nitrogens with one attached hydrogen (secondary N) is 1. The SMILES string of the molecule is CCOc1cc2c(cc1CNC(=O)CSc1ccc(OC)cc1)O[C@H](C)C2. The Balaban J connectivity index is 1.57. The second-order valence-corrected chi connectivity index (χ2v) is 7.42. The van der Waals surface area contributed by atoms with E-state index in [0.717, 1.165) is 39.7 Å². The first-order valence-corrected chi connectivity index (χ1v) is 10.1. The molecule has 144 valence electrons. The molecule has 3 rings (SSSR count). The van der Waals surface area contributed by atoms with Crippen molar-refractivity contribution in [1.29, 1.82) is 0 Å². The minimum Gasteiger partial charge on any atom is -0.497 e. The quantitative estimate of drug-likeness (QED) is 0.698. The van der Waals surface area contributed by atoms with Gasteiger partial charge in [0.1, 0.15) is 23.4 Å². The fraction of sp³-hybridized carbons (Fsp3) is 0.381. The molecule has 0 saturated heterocycles. The van der Waals surface area contributed by atoms with E-state index in [0.29, 0.717) is 18.9 Å². The number of rotatable bonds is 8. The van der Waals surface area contributed by atoms with Crippen LogP contribution in [0.4, 0.5) is 0 Å². The molecule has 1 amide bonds. The second-order valence-electron chi connectivity index (χ2n) is 6.37. The van der Waals surface area contributed by atoms with Gasteiger partial charge in [-0.25, -0.2) is 0 Å². The van der Waals surface area contributed by atoms with Crippen molar-refractivity contribution in [2.24, 2.45) is 0 Å². The summed E-state index contributed by atoms with van der Waals surface area (Å²) in [5.41, 5.74) is 2.10. The normalized spacial score (nSPS) is 15.0. The van der Waals surface area contributed by atoms with E-state index in [1.54, 1.807) is 7.11 Å². The molecule has 2 aromatic carbocycles. The van der Waals surface area contributed by atoms with Gasteiger partial charge in [-0.1, -0.05) is 0 Å².